The Kier molecular flexibility index (Phi) is 6.20. The minimum atomic E-state index is -0.356. The number of hydrogen-bond acceptors (Lipinski definition) is 4. The van der Waals surface area contributed by atoms with Gasteiger partial charge in [-0.05, 0) is 93.8 Å². The first kappa shape index (κ1) is 22.8. The number of piperidine rings is 1. The number of hydrogen-bond donors (Lipinski definition) is 1. The normalized spacial score (nSPS) is 40.6. The predicted octanol–water partition coefficient (Wildman–Crippen LogP) is 4.83. The van der Waals surface area contributed by atoms with Crippen LogP contribution in [0.15, 0.2) is 0 Å². The Bertz CT molecular complexity index is 678. The molecule has 4 aliphatic heterocycles. The summed E-state index contributed by atoms with van der Waals surface area (Å²) in [7, 11) is 0. The van der Waals surface area contributed by atoms with Crippen molar-refractivity contribution in [3.05, 3.63) is 0 Å². The van der Waals surface area contributed by atoms with Crippen LogP contribution in [-0.2, 0) is 14.3 Å². The maximum Gasteiger partial charge on any atom is 0.222 e. The second-order valence-electron chi connectivity index (χ2n) is 13.2. The first-order valence-corrected chi connectivity index (χ1v) is 13.4. The number of amides is 1. The van der Waals surface area contributed by atoms with E-state index in [1.807, 2.05) is 0 Å². The van der Waals surface area contributed by atoms with Gasteiger partial charge in [0.05, 0.1) is 12.6 Å². The first-order chi connectivity index (χ1) is 15.2. The van der Waals surface area contributed by atoms with E-state index >= 15 is 0 Å². The number of Topliss-reactive ketones (excluding diaryl/α,β-unsaturated/α-hetero) is 1. The summed E-state index contributed by atoms with van der Waals surface area (Å²) in [5.74, 6) is 2.56. The fourth-order valence-corrected chi connectivity index (χ4v) is 7.97. The van der Waals surface area contributed by atoms with Crippen molar-refractivity contribution in [1.82, 2.24) is 10.2 Å². The number of carbonyl (C=O) groups excluding carboxylic acids is 2. The first-order valence-electron chi connectivity index (χ1n) is 13.4. The number of rotatable bonds is 8. The van der Waals surface area contributed by atoms with Gasteiger partial charge in [-0.25, -0.2) is 0 Å². The van der Waals surface area contributed by atoms with E-state index in [9.17, 15) is 9.59 Å². The van der Waals surface area contributed by atoms with Crippen molar-refractivity contribution in [2.45, 2.75) is 128 Å². The molecule has 4 saturated heterocycles. The minimum Gasteiger partial charge on any atom is -0.353 e. The zero-order chi connectivity index (χ0) is 22.5. The molecule has 6 fully saturated rings. The molecule has 5 nitrogen and oxygen atoms in total. The molecule has 180 valence electrons. The number of nitrogens with zero attached hydrogens (tertiary/aromatic N) is 1. The van der Waals surface area contributed by atoms with Crippen LogP contribution in [0.1, 0.15) is 104 Å². The van der Waals surface area contributed by atoms with Gasteiger partial charge in [0.15, 0.2) is 0 Å². The van der Waals surface area contributed by atoms with Crippen molar-refractivity contribution in [2.75, 3.05) is 6.54 Å². The van der Waals surface area contributed by atoms with E-state index in [0.717, 1.165) is 50.4 Å². The average Bonchev–Trinajstić information content (AvgIpc) is 2.88. The maximum absolute atomic E-state index is 13.0. The Labute approximate surface area is 194 Å². The third kappa shape index (κ3) is 5.09. The topological polar surface area (TPSA) is 58.6 Å². The summed E-state index contributed by atoms with van der Waals surface area (Å²) in [6.45, 7) is 7.36. The fraction of sp³-hybridized carbons (Fsp3) is 0.926. The monoisotopic (exact) mass is 444 g/mol. The summed E-state index contributed by atoms with van der Waals surface area (Å²) >= 11 is 0. The van der Waals surface area contributed by atoms with E-state index in [1.54, 1.807) is 0 Å². The third-order valence-electron chi connectivity index (χ3n) is 9.05. The van der Waals surface area contributed by atoms with Crippen molar-refractivity contribution < 1.29 is 14.3 Å². The molecule has 0 radical (unpaired) electrons. The summed E-state index contributed by atoms with van der Waals surface area (Å²) in [4.78, 5) is 28.1. The van der Waals surface area contributed by atoms with Crippen LogP contribution in [0.5, 0.6) is 0 Å². The molecule has 0 aromatic rings. The van der Waals surface area contributed by atoms with Crippen LogP contribution in [0.3, 0.4) is 0 Å². The summed E-state index contributed by atoms with van der Waals surface area (Å²) in [6, 6.07) is 0.989. The largest absolute Gasteiger partial charge is 0.353 e. The number of ether oxygens (including phenoxy) is 1. The molecule has 4 heterocycles. The molecule has 3 unspecified atom stereocenters. The minimum absolute atomic E-state index is 0.197. The molecule has 6 rings (SSSR count). The molecule has 2 saturated carbocycles. The smallest absolute Gasteiger partial charge is 0.222 e. The molecule has 32 heavy (non-hydrogen) atoms. The molecule has 0 spiro atoms. The van der Waals surface area contributed by atoms with Crippen molar-refractivity contribution >= 4 is 11.7 Å². The molecule has 5 atom stereocenters. The molecule has 5 heteroatoms. The van der Waals surface area contributed by atoms with E-state index in [4.69, 9.17) is 4.74 Å². The number of nitrogens with one attached hydrogen (secondary N) is 1. The fourth-order valence-electron chi connectivity index (χ4n) is 7.97. The Morgan fingerprint density at radius 1 is 1.00 bits per heavy atom. The van der Waals surface area contributed by atoms with Gasteiger partial charge in [0.1, 0.15) is 11.5 Å². The van der Waals surface area contributed by atoms with Gasteiger partial charge in [0.25, 0.3) is 0 Å². The number of ketones is 1. The van der Waals surface area contributed by atoms with Crippen molar-refractivity contribution in [2.24, 2.45) is 23.2 Å². The zero-order valence-corrected chi connectivity index (χ0v) is 20.5. The zero-order valence-electron chi connectivity index (χ0n) is 20.5. The van der Waals surface area contributed by atoms with Crippen LogP contribution in [0.25, 0.3) is 0 Å². The third-order valence-corrected chi connectivity index (χ3v) is 9.05. The van der Waals surface area contributed by atoms with Gasteiger partial charge in [-0.3, -0.25) is 14.5 Å². The van der Waals surface area contributed by atoms with Crippen LogP contribution in [0.2, 0.25) is 0 Å². The standard InChI is InChI=1S/C27H44N2O3/c1-26(2,3)8-4-5-23(30)17-29-21-6-7-22(29)11-18(10-21)14-25(31)28-27-15-19-9-20(16-27)13-24(12-19)32-27/h18-22,24H,4-17H2,1-3H3,(H,28,31)/t18?,19?,20?,21-,22+,24?,27?. The molecular weight excluding hydrogens is 400 g/mol. The van der Waals surface area contributed by atoms with E-state index in [1.165, 1.54) is 32.1 Å². The lowest BCUT2D eigenvalue weighted by Crippen LogP contribution is -2.63. The second kappa shape index (κ2) is 8.69. The van der Waals surface area contributed by atoms with Gasteiger partial charge in [0.2, 0.25) is 5.91 Å². The van der Waals surface area contributed by atoms with Crippen LogP contribution in [0.4, 0.5) is 0 Å². The second-order valence-corrected chi connectivity index (χ2v) is 13.2. The highest BCUT2D eigenvalue weighted by Gasteiger charge is 2.53. The molecule has 6 bridgehead atoms. The van der Waals surface area contributed by atoms with E-state index in [-0.39, 0.29) is 11.6 Å². The van der Waals surface area contributed by atoms with Crippen molar-refractivity contribution in [3.8, 4) is 0 Å². The summed E-state index contributed by atoms with van der Waals surface area (Å²) in [5, 5.41) is 3.37. The summed E-state index contributed by atoms with van der Waals surface area (Å²) < 4.78 is 6.36. The van der Waals surface area contributed by atoms with Crippen molar-refractivity contribution in [1.29, 1.82) is 0 Å². The van der Waals surface area contributed by atoms with Crippen LogP contribution in [-0.4, -0.2) is 47.0 Å². The highest BCUT2D eigenvalue weighted by atomic mass is 16.5. The lowest BCUT2D eigenvalue weighted by molar-refractivity contribution is -0.233. The highest BCUT2D eigenvalue weighted by Crippen LogP contribution is 2.52. The van der Waals surface area contributed by atoms with Crippen LogP contribution in [0, 0.1) is 23.2 Å². The lowest BCUT2D eigenvalue weighted by Gasteiger charge is -2.56. The van der Waals surface area contributed by atoms with Gasteiger partial charge in [0, 0.05) is 24.9 Å². The Morgan fingerprint density at radius 2 is 1.66 bits per heavy atom. The Balaban J connectivity index is 1.09. The molecule has 2 aliphatic carbocycles. The van der Waals surface area contributed by atoms with Crippen LogP contribution < -0.4 is 5.32 Å². The molecule has 0 aromatic carbocycles. The molecule has 6 aliphatic rings. The number of carbonyl (C=O) groups is 2. The molecule has 0 aromatic heterocycles. The van der Waals surface area contributed by atoms with Gasteiger partial charge < -0.3 is 10.1 Å². The van der Waals surface area contributed by atoms with E-state index in [0.29, 0.717) is 54.7 Å². The highest BCUT2D eigenvalue weighted by molar-refractivity contribution is 5.80. The SMILES string of the molecule is CC(C)(C)CCCC(=O)CN1[C@@H]2CC[C@H]1CC(CC(=O)NC13CC4CC(CC(C4)O1)C3)C2. The Hall–Kier alpha value is -0.940. The van der Waals surface area contributed by atoms with E-state index < -0.39 is 0 Å². The van der Waals surface area contributed by atoms with Gasteiger partial charge in [-0.2, -0.15) is 0 Å². The maximum atomic E-state index is 13.0. The van der Waals surface area contributed by atoms with Gasteiger partial charge in [-0.1, -0.05) is 20.8 Å². The van der Waals surface area contributed by atoms with Crippen molar-refractivity contribution in [3.63, 3.8) is 0 Å². The molecule has 1 amide bonds. The quantitative estimate of drug-likeness (QED) is 0.583. The Morgan fingerprint density at radius 3 is 2.25 bits per heavy atom. The molecular formula is C27H44N2O3. The predicted molar refractivity (Wildman–Crippen MR) is 125 cm³/mol. The average molecular weight is 445 g/mol. The number of fused-ring (bicyclic) bond motifs is 2. The summed E-state index contributed by atoms with van der Waals surface area (Å²) in [5.41, 5.74) is -0.0512. The summed E-state index contributed by atoms with van der Waals surface area (Å²) in [6.07, 6.45) is 14.1. The van der Waals surface area contributed by atoms with Crippen LogP contribution >= 0.6 is 0 Å². The van der Waals surface area contributed by atoms with Gasteiger partial charge >= 0.3 is 0 Å². The molecule has 1 N–H and O–H groups in total. The van der Waals surface area contributed by atoms with Gasteiger partial charge in [-0.15, -0.1) is 0 Å². The lowest BCUT2D eigenvalue weighted by atomic mass is 9.65. The van der Waals surface area contributed by atoms with E-state index in [2.05, 4.69) is 31.0 Å².